The molecule has 2 unspecified atom stereocenters. The fourth-order valence-corrected chi connectivity index (χ4v) is 4.36. The summed E-state index contributed by atoms with van der Waals surface area (Å²) in [4.78, 5) is 12.5. The van der Waals surface area contributed by atoms with Gasteiger partial charge in [-0.2, -0.15) is 0 Å². The quantitative estimate of drug-likeness (QED) is 0.547. The molecule has 1 aromatic heterocycles. The minimum atomic E-state index is -0.244. The van der Waals surface area contributed by atoms with Crippen LogP contribution < -0.4 is 10.6 Å². The number of hydrogen-bond donors (Lipinski definition) is 2. The van der Waals surface area contributed by atoms with Crippen molar-refractivity contribution in [3.8, 4) is 0 Å². The molecule has 0 spiro atoms. The zero-order chi connectivity index (χ0) is 19.1. The molecule has 2 atom stereocenters. The van der Waals surface area contributed by atoms with E-state index in [2.05, 4.69) is 33.0 Å². The fraction of sp³-hybridized carbons (Fsp3) is 0.250. The molecule has 5 nitrogen and oxygen atoms in total. The van der Waals surface area contributed by atoms with Crippen LogP contribution in [0.2, 0.25) is 0 Å². The second kappa shape index (κ2) is 9.53. The molecule has 0 radical (unpaired) electrons. The third kappa shape index (κ3) is 5.80. The minimum Gasteiger partial charge on any atom is -0.356 e. The Bertz CT molecular complexity index is 855. The molecule has 0 saturated heterocycles. The zero-order valence-corrected chi connectivity index (χ0v) is 16.9. The summed E-state index contributed by atoms with van der Waals surface area (Å²) in [6.45, 7) is 4.57. The van der Waals surface area contributed by atoms with Crippen molar-refractivity contribution in [2.75, 3.05) is 5.32 Å². The molecule has 2 N–H and O–H groups in total. The van der Waals surface area contributed by atoms with Gasteiger partial charge in [0, 0.05) is 6.54 Å². The SMILES string of the molecule is CC(Sc1nnc(NCc2ccccc2)s1)C(=O)NC(C)c1ccccc1. The lowest BCUT2D eigenvalue weighted by atomic mass is 10.1. The van der Waals surface area contributed by atoms with Crippen molar-refractivity contribution in [2.45, 2.75) is 36.0 Å². The van der Waals surface area contributed by atoms with Gasteiger partial charge < -0.3 is 10.6 Å². The van der Waals surface area contributed by atoms with Gasteiger partial charge >= 0.3 is 0 Å². The smallest absolute Gasteiger partial charge is 0.233 e. The molecule has 0 aliphatic carbocycles. The van der Waals surface area contributed by atoms with E-state index >= 15 is 0 Å². The number of amides is 1. The number of anilines is 1. The number of rotatable bonds is 8. The topological polar surface area (TPSA) is 66.9 Å². The molecule has 0 aliphatic heterocycles. The van der Waals surface area contributed by atoms with Crippen LogP contribution in [0, 0.1) is 0 Å². The van der Waals surface area contributed by atoms with Crippen LogP contribution in [0.5, 0.6) is 0 Å². The first-order valence-electron chi connectivity index (χ1n) is 8.75. The van der Waals surface area contributed by atoms with Crippen LogP contribution >= 0.6 is 23.1 Å². The van der Waals surface area contributed by atoms with Crippen molar-refractivity contribution >= 4 is 34.1 Å². The van der Waals surface area contributed by atoms with E-state index in [-0.39, 0.29) is 17.2 Å². The van der Waals surface area contributed by atoms with E-state index in [1.807, 2.05) is 62.4 Å². The average molecular weight is 399 g/mol. The summed E-state index contributed by atoms with van der Waals surface area (Å²) >= 11 is 2.89. The van der Waals surface area contributed by atoms with E-state index in [1.165, 1.54) is 28.7 Å². The summed E-state index contributed by atoms with van der Waals surface area (Å²) in [5, 5.41) is 15.2. The first-order valence-corrected chi connectivity index (χ1v) is 10.4. The highest BCUT2D eigenvalue weighted by molar-refractivity contribution is 8.02. The van der Waals surface area contributed by atoms with Gasteiger partial charge in [0.25, 0.3) is 0 Å². The molecule has 1 amide bonds. The standard InChI is InChI=1S/C20H22N4OS2/c1-14(17-11-7-4-8-12-17)22-18(25)15(2)26-20-24-23-19(27-20)21-13-16-9-5-3-6-10-16/h3-12,14-15H,13H2,1-2H3,(H,21,23)(H,22,25). The second-order valence-electron chi connectivity index (χ2n) is 6.11. The van der Waals surface area contributed by atoms with Gasteiger partial charge in [0.15, 0.2) is 4.34 Å². The minimum absolute atomic E-state index is 0.00894. The molecular weight excluding hydrogens is 376 g/mol. The van der Waals surface area contributed by atoms with Crippen LogP contribution in [-0.2, 0) is 11.3 Å². The van der Waals surface area contributed by atoms with Gasteiger partial charge in [0.1, 0.15) is 0 Å². The van der Waals surface area contributed by atoms with Crippen LogP contribution in [0.15, 0.2) is 65.0 Å². The van der Waals surface area contributed by atoms with Gasteiger partial charge in [-0.05, 0) is 25.0 Å². The lowest BCUT2D eigenvalue weighted by molar-refractivity contribution is -0.120. The third-order valence-corrected chi connectivity index (χ3v) is 6.06. The van der Waals surface area contributed by atoms with Crippen LogP contribution in [0.4, 0.5) is 5.13 Å². The van der Waals surface area contributed by atoms with Gasteiger partial charge in [0.2, 0.25) is 11.0 Å². The van der Waals surface area contributed by atoms with Crippen molar-refractivity contribution in [1.82, 2.24) is 15.5 Å². The summed E-state index contributed by atoms with van der Waals surface area (Å²) < 4.78 is 0.778. The normalized spacial score (nSPS) is 13.0. The van der Waals surface area contributed by atoms with Crippen molar-refractivity contribution in [3.05, 3.63) is 71.8 Å². The summed E-state index contributed by atoms with van der Waals surface area (Å²) in [5.41, 5.74) is 2.27. The maximum Gasteiger partial charge on any atom is 0.233 e. The van der Waals surface area contributed by atoms with E-state index < -0.39 is 0 Å². The Balaban J connectivity index is 1.49. The molecule has 0 bridgehead atoms. The summed E-state index contributed by atoms with van der Waals surface area (Å²) in [5.74, 6) is -0.00894. The van der Waals surface area contributed by atoms with E-state index in [0.717, 1.165) is 15.0 Å². The Morgan fingerprint density at radius 3 is 2.41 bits per heavy atom. The van der Waals surface area contributed by atoms with Gasteiger partial charge in [-0.25, -0.2) is 0 Å². The Morgan fingerprint density at radius 1 is 1.04 bits per heavy atom. The van der Waals surface area contributed by atoms with Crippen LogP contribution in [-0.4, -0.2) is 21.4 Å². The first kappa shape index (κ1) is 19.4. The predicted molar refractivity (Wildman–Crippen MR) is 112 cm³/mol. The first-order chi connectivity index (χ1) is 13.1. The largest absolute Gasteiger partial charge is 0.356 e. The Morgan fingerprint density at radius 2 is 1.70 bits per heavy atom. The van der Waals surface area contributed by atoms with Gasteiger partial charge in [-0.15, -0.1) is 10.2 Å². The molecule has 2 aromatic carbocycles. The molecule has 7 heteroatoms. The number of thioether (sulfide) groups is 1. The molecule has 27 heavy (non-hydrogen) atoms. The number of carbonyl (C=O) groups is 1. The van der Waals surface area contributed by atoms with Crippen molar-refractivity contribution in [3.63, 3.8) is 0 Å². The predicted octanol–water partition coefficient (Wildman–Crippen LogP) is 4.51. The molecule has 140 valence electrons. The van der Waals surface area contributed by atoms with Gasteiger partial charge in [0.05, 0.1) is 11.3 Å². The highest BCUT2D eigenvalue weighted by Gasteiger charge is 2.19. The van der Waals surface area contributed by atoms with Crippen molar-refractivity contribution in [1.29, 1.82) is 0 Å². The maximum absolute atomic E-state index is 12.5. The van der Waals surface area contributed by atoms with Crippen molar-refractivity contribution in [2.24, 2.45) is 0 Å². The fourth-order valence-electron chi connectivity index (χ4n) is 2.46. The Kier molecular flexibility index (Phi) is 6.84. The number of nitrogens with one attached hydrogen (secondary N) is 2. The summed E-state index contributed by atoms with van der Waals surface area (Å²) in [7, 11) is 0. The second-order valence-corrected chi connectivity index (χ2v) is 8.68. The van der Waals surface area contributed by atoms with E-state index in [4.69, 9.17) is 0 Å². The van der Waals surface area contributed by atoms with Crippen LogP contribution in [0.25, 0.3) is 0 Å². The Labute approximate surface area is 167 Å². The number of aromatic nitrogens is 2. The van der Waals surface area contributed by atoms with Crippen LogP contribution in [0.1, 0.15) is 31.0 Å². The monoisotopic (exact) mass is 398 g/mol. The lowest BCUT2D eigenvalue weighted by Gasteiger charge is -2.17. The highest BCUT2D eigenvalue weighted by atomic mass is 32.2. The average Bonchev–Trinajstić information content (AvgIpc) is 3.15. The number of carbonyl (C=O) groups excluding carboxylic acids is 1. The maximum atomic E-state index is 12.5. The number of nitrogens with zero attached hydrogens (tertiary/aromatic N) is 2. The van der Waals surface area contributed by atoms with Crippen molar-refractivity contribution < 1.29 is 4.79 Å². The van der Waals surface area contributed by atoms with E-state index in [0.29, 0.717) is 6.54 Å². The molecule has 3 rings (SSSR count). The lowest BCUT2D eigenvalue weighted by Crippen LogP contribution is -2.33. The third-order valence-electron chi connectivity index (χ3n) is 4.00. The molecule has 0 saturated carbocycles. The number of hydrogen-bond acceptors (Lipinski definition) is 6. The molecule has 1 heterocycles. The van der Waals surface area contributed by atoms with Crippen LogP contribution in [0.3, 0.4) is 0 Å². The van der Waals surface area contributed by atoms with E-state index in [9.17, 15) is 4.79 Å². The van der Waals surface area contributed by atoms with Gasteiger partial charge in [-0.1, -0.05) is 83.8 Å². The molecule has 0 aliphatic rings. The summed E-state index contributed by atoms with van der Waals surface area (Å²) in [6.07, 6.45) is 0. The zero-order valence-electron chi connectivity index (χ0n) is 15.3. The molecular formula is C20H22N4OS2. The molecule has 3 aromatic rings. The summed E-state index contributed by atoms with van der Waals surface area (Å²) in [6, 6.07) is 20.0. The molecule has 0 fully saturated rings. The Hall–Kier alpha value is -2.38. The van der Waals surface area contributed by atoms with E-state index in [1.54, 1.807) is 0 Å². The van der Waals surface area contributed by atoms with Gasteiger partial charge in [-0.3, -0.25) is 4.79 Å². The number of benzene rings is 2. The highest BCUT2D eigenvalue weighted by Crippen LogP contribution is 2.29.